The lowest BCUT2D eigenvalue weighted by Crippen LogP contribution is -2.38. The van der Waals surface area contributed by atoms with Gasteiger partial charge >= 0.3 is 0 Å². The number of hydrogen-bond donors (Lipinski definition) is 1. The summed E-state index contributed by atoms with van der Waals surface area (Å²) in [7, 11) is 1.99. The van der Waals surface area contributed by atoms with Crippen LogP contribution in [0, 0.1) is 5.41 Å². The van der Waals surface area contributed by atoms with Crippen LogP contribution in [0.1, 0.15) is 38.7 Å². The van der Waals surface area contributed by atoms with E-state index in [1.807, 2.05) is 7.05 Å². The Bertz CT molecular complexity index is 361. The molecule has 0 spiro atoms. The van der Waals surface area contributed by atoms with Gasteiger partial charge in [0, 0.05) is 25.3 Å². The highest BCUT2D eigenvalue weighted by atomic mass is 15.1. The molecule has 0 aliphatic carbocycles. The Morgan fingerprint density at radius 3 is 2.28 bits per heavy atom. The minimum atomic E-state index is 0.572. The highest BCUT2D eigenvalue weighted by Gasteiger charge is 2.28. The van der Waals surface area contributed by atoms with Gasteiger partial charge in [-0.3, -0.25) is 0 Å². The monoisotopic (exact) mass is 246 g/mol. The Labute approximate surface area is 111 Å². The molecule has 0 bridgehead atoms. The first-order chi connectivity index (χ1) is 8.67. The van der Waals surface area contributed by atoms with Crippen LogP contribution in [0.15, 0.2) is 24.3 Å². The Morgan fingerprint density at radius 1 is 1.17 bits per heavy atom. The van der Waals surface area contributed by atoms with Crippen molar-refractivity contribution < 1.29 is 0 Å². The molecular formula is C16H26N2. The van der Waals surface area contributed by atoms with Crippen LogP contribution in [0.4, 0.5) is 5.69 Å². The predicted octanol–water partition coefficient (Wildman–Crippen LogP) is 3.42. The third-order valence-corrected chi connectivity index (χ3v) is 4.51. The summed E-state index contributed by atoms with van der Waals surface area (Å²) in [4.78, 5) is 2.53. The molecule has 1 aromatic carbocycles. The van der Waals surface area contributed by atoms with Gasteiger partial charge in [0.2, 0.25) is 0 Å². The summed E-state index contributed by atoms with van der Waals surface area (Å²) < 4.78 is 0. The fraction of sp³-hybridized carbons (Fsp3) is 0.625. The second kappa shape index (κ2) is 5.75. The van der Waals surface area contributed by atoms with Crippen molar-refractivity contribution in [2.24, 2.45) is 5.41 Å². The maximum absolute atomic E-state index is 3.19. The van der Waals surface area contributed by atoms with Crippen LogP contribution in [-0.4, -0.2) is 20.1 Å². The average Bonchev–Trinajstić information content (AvgIpc) is 2.41. The van der Waals surface area contributed by atoms with Crippen molar-refractivity contribution in [3.05, 3.63) is 29.8 Å². The normalized spacial score (nSPS) is 18.9. The summed E-state index contributed by atoms with van der Waals surface area (Å²) in [6, 6.07) is 9.00. The fourth-order valence-electron chi connectivity index (χ4n) is 2.69. The molecule has 2 rings (SSSR count). The molecule has 2 heteroatoms. The van der Waals surface area contributed by atoms with Gasteiger partial charge in [0.1, 0.15) is 0 Å². The van der Waals surface area contributed by atoms with E-state index in [1.54, 1.807) is 0 Å². The van der Waals surface area contributed by atoms with Crippen molar-refractivity contribution in [1.82, 2.24) is 5.32 Å². The molecule has 0 unspecified atom stereocenters. The first-order valence-electron chi connectivity index (χ1n) is 7.15. The highest BCUT2D eigenvalue weighted by Crippen LogP contribution is 2.35. The Balaban J connectivity index is 1.97. The van der Waals surface area contributed by atoms with Gasteiger partial charge in [-0.25, -0.2) is 0 Å². The number of hydrogen-bond acceptors (Lipinski definition) is 2. The molecule has 1 saturated heterocycles. The van der Waals surface area contributed by atoms with Gasteiger partial charge < -0.3 is 10.2 Å². The third-order valence-electron chi connectivity index (χ3n) is 4.51. The molecule has 0 amide bonds. The van der Waals surface area contributed by atoms with E-state index in [2.05, 4.69) is 48.3 Å². The Morgan fingerprint density at radius 2 is 1.78 bits per heavy atom. The van der Waals surface area contributed by atoms with Crippen molar-refractivity contribution in [3.8, 4) is 0 Å². The van der Waals surface area contributed by atoms with E-state index in [0.29, 0.717) is 5.41 Å². The maximum Gasteiger partial charge on any atom is 0.0366 e. The summed E-state index contributed by atoms with van der Waals surface area (Å²) in [5, 5.41) is 3.19. The van der Waals surface area contributed by atoms with Gasteiger partial charge in [-0.1, -0.05) is 32.4 Å². The lowest BCUT2D eigenvalue weighted by Gasteiger charge is -2.40. The fourth-order valence-corrected chi connectivity index (χ4v) is 2.69. The molecule has 1 fully saturated rings. The van der Waals surface area contributed by atoms with Crippen LogP contribution < -0.4 is 10.2 Å². The highest BCUT2D eigenvalue weighted by molar-refractivity contribution is 5.48. The van der Waals surface area contributed by atoms with E-state index in [1.165, 1.54) is 43.6 Å². The summed E-state index contributed by atoms with van der Waals surface area (Å²) in [6.07, 6.45) is 3.95. The van der Waals surface area contributed by atoms with Gasteiger partial charge in [0.15, 0.2) is 0 Å². The zero-order valence-electron chi connectivity index (χ0n) is 12.0. The Hall–Kier alpha value is -1.02. The molecule has 1 N–H and O–H groups in total. The number of benzene rings is 1. The summed E-state index contributed by atoms with van der Waals surface area (Å²) in [5.74, 6) is 0. The Kier molecular flexibility index (Phi) is 4.28. The number of piperidine rings is 1. The molecule has 0 atom stereocenters. The summed E-state index contributed by atoms with van der Waals surface area (Å²) >= 11 is 0. The maximum atomic E-state index is 3.19. The molecule has 0 saturated carbocycles. The zero-order chi connectivity index (χ0) is 13.0. The number of rotatable bonds is 4. The van der Waals surface area contributed by atoms with E-state index in [4.69, 9.17) is 0 Å². The average molecular weight is 246 g/mol. The van der Waals surface area contributed by atoms with E-state index in [9.17, 15) is 0 Å². The van der Waals surface area contributed by atoms with Crippen LogP contribution in [-0.2, 0) is 6.54 Å². The second-order valence-electron chi connectivity index (χ2n) is 5.85. The molecule has 1 aromatic rings. The van der Waals surface area contributed by atoms with Gasteiger partial charge in [0.25, 0.3) is 0 Å². The molecule has 18 heavy (non-hydrogen) atoms. The van der Waals surface area contributed by atoms with Gasteiger partial charge in [-0.05, 0) is 43.0 Å². The molecule has 100 valence electrons. The van der Waals surface area contributed by atoms with Crippen molar-refractivity contribution in [2.75, 3.05) is 25.0 Å². The lowest BCUT2D eigenvalue weighted by molar-refractivity contribution is 0.238. The molecule has 0 radical (unpaired) electrons. The van der Waals surface area contributed by atoms with Crippen LogP contribution in [0.3, 0.4) is 0 Å². The smallest absolute Gasteiger partial charge is 0.0366 e. The minimum Gasteiger partial charge on any atom is -0.371 e. The van der Waals surface area contributed by atoms with Gasteiger partial charge in [-0.2, -0.15) is 0 Å². The van der Waals surface area contributed by atoms with Crippen LogP contribution in [0.2, 0.25) is 0 Å². The van der Waals surface area contributed by atoms with Crippen LogP contribution in [0.5, 0.6) is 0 Å². The first kappa shape index (κ1) is 13.4. The topological polar surface area (TPSA) is 15.3 Å². The zero-order valence-corrected chi connectivity index (χ0v) is 12.0. The molecule has 0 aromatic heterocycles. The van der Waals surface area contributed by atoms with Gasteiger partial charge in [-0.15, -0.1) is 0 Å². The molecule has 1 heterocycles. The summed E-state index contributed by atoms with van der Waals surface area (Å²) in [6.45, 7) is 8.11. The van der Waals surface area contributed by atoms with E-state index >= 15 is 0 Å². The van der Waals surface area contributed by atoms with Crippen molar-refractivity contribution in [1.29, 1.82) is 0 Å². The van der Waals surface area contributed by atoms with Crippen molar-refractivity contribution >= 4 is 5.69 Å². The standard InChI is InChI=1S/C16H26N2/c1-4-16(2)9-11-18(12-10-16)15-7-5-14(6-8-15)13-17-3/h5-8,17H,4,9-13H2,1-3H3. The van der Waals surface area contributed by atoms with Crippen LogP contribution >= 0.6 is 0 Å². The van der Waals surface area contributed by atoms with Gasteiger partial charge in [0.05, 0.1) is 0 Å². The molecule has 2 nitrogen and oxygen atoms in total. The third kappa shape index (κ3) is 3.05. The second-order valence-corrected chi connectivity index (χ2v) is 5.85. The largest absolute Gasteiger partial charge is 0.371 e. The van der Waals surface area contributed by atoms with E-state index in [0.717, 1.165) is 6.54 Å². The molecule has 1 aliphatic heterocycles. The lowest BCUT2D eigenvalue weighted by atomic mass is 9.78. The predicted molar refractivity (Wildman–Crippen MR) is 79.1 cm³/mol. The van der Waals surface area contributed by atoms with E-state index < -0.39 is 0 Å². The molecule has 1 aliphatic rings. The number of nitrogens with zero attached hydrogens (tertiary/aromatic N) is 1. The van der Waals surface area contributed by atoms with Crippen molar-refractivity contribution in [3.63, 3.8) is 0 Å². The van der Waals surface area contributed by atoms with Crippen molar-refractivity contribution in [2.45, 2.75) is 39.7 Å². The summed E-state index contributed by atoms with van der Waals surface area (Å²) in [5.41, 5.74) is 3.31. The van der Waals surface area contributed by atoms with E-state index in [-0.39, 0.29) is 0 Å². The van der Waals surface area contributed by atoms with Crippen LogP contribution in [0.25, 0.3) is 0 Å². The molecular weight excluding hydrogens is 220 g/mol. The quantitative estimate of drug-likeness (QED) is 0.875. The first-order valence-corrected chi connectivity index (χ1v) is 7.15. The minimum absolute atomic E-state index is 0.572. The number of nitrogens with one attached hydrogen (secondary N) is 1. The number of anilines is 1. The SMILES string of the molecule is CCC1(C)CCN(c2ccc(CNC)cc2)CC1.